The Morgan fingerprint density at radius 2 is 1.85 bits per heavy atom. The van der Waals surface area contributed by atoms with Crippen LogP contribution in [0.4, 0.5) is 28.9 Å². The van der Waals surface area contributed by atoms with Gasteiger partial charge in [0.1, 0.15) is 6.61 Å². The van der Waals surface area contributed by atoms with Crippen LogP contribution in [0.5, 0.6) is 5.75 Å². The van der Waals surface area contributed by atoms with Crippen molar-refractivity contribution in [3.63, 3.8) is 0 Å². The van der Waals surface area contributed by atoms with E-state index in [4.69, 9.17) is 4.74 Å². The van der Waals surface area contributed by atoms with E-state index < -0.39 is 23.5 Å². The van der Waals surface area contributed by atoms with Crippen LogP contribution in [0.25, 0.3) is 10.9 Å². The predicted molar refractivity (Wildman–Crippen MR) is 144 cm³/mol. The van der Waals surface area contributed by atoms with Crippen LogP contribution in [0, 0.1) is 5.82 Å². The molecule has 0 unspecified atom stereocenters. The summed E-state index contributed by atoms with van der Waals surface area (Å²) in [5.41, 5.74) is 0.690. The lowest BCUT2D eigenvalue weighted by Gasteiger charge is -2.27. The van der Waals surface area contributed by atoms with Gasteiger partial charge < -0.3 is 20.3 Å². The van der Waals surface area contributed by atoms with Crippen LogP contribution < -0.4 is 20.3 Å². The fourth-order valence-electron chi connectivity index (χ4n) is 4.13. The highest BCUT2D eigenvalue weighted by atomic mass is 19.4. The maximum absolute atomic E-state index is 14.4. The van der Waals surface area contributed by atoms with Gasteiger partial charge in [0, 0.05) is 53.7 Å². The van der Waals surface area contributed by atoms with Crippen molar-refractivity contribution in [1.29, 1.82) is 0 Å². The number of fused-ring (bicyclic) bond motifs is 1. The van der Waals surface area contributed by atoms with E-state index in [1.807, 2.05) is 30.3 Å². The van der Waals surface area contributed by atoms with Crippen molar-refractivity contribution in [2.45, 2.75) is 19.7 Å². The third-order valence-electron chi connectivity index (χ3n) is 6.15. The number of pyridine rings is 1. The molecule has 6 nitrogen and oxygen atoms in total. The summed E-state index contributed by atoms with van der Waals surface area (Å²) >= 11 is 0. The first kappa shape index (κ1) is 27.8. The minimum atomic E-state index is -4.63. The Labute approximate surface area is 223 Å². The molecule has 4 aromatic rings. The van der Waals surface area contributed by atoms with E-state index in [9.17, 15) is 22.4 Å². The fraction of sp³-hybridized carbons (Fsp3) is 0.241. The van der Waals surface area contributed by atoms with Crippen molar-refractivity contribution in [3.8, 4) is 5.75 Å². The highest BCUT2D eigenvalue weighted by Gasteiger charge is 2.35. The van der Waals surface area contributed by atoms with Crippen LogP contribution >= 0.6 is 0 Å². The minimum absolute atomic E-state index is 0.0116. The number of para-hydroxylation sites is 1. The number of hydrogen-bond donors (Lipinski definition) is 2. The normalized spacial score (nSPS) is 11.4. The average Bonchev–Trinajstić information content (AvgIpc) is 2.92. The van der Waals surface area contributed by atoms with Crippen LogP contribution in [0.3, 0.4) is 0 Å². The maximum atomic E-state index is 14.4. The summed E-state index contributed by atoms with van der Waals surface area (Å²) < 4.78 is 61.7. The molecule has 1 amide bonds. The number of carbonyl (C=O) groups excluding carboxylic acids is 1. The zero-order valence-corrected chi connectivity index (χ0v) is 21.5. The monoisotopic (exact) mass is 540 g/mol. The summed E-state index contributed by atoms with van der Waals surface area (Å²) in [6.45, 7) is 3.06. The molecule has 0 saturated heterocycles. The van der Waals surface area contributed by atoms with Gasteiger partial charge in [-0.15, -0.1) is 0 Å². The van der Waals surface area contributed by atoms with E-state index in [1.54, 1.807) is 25.1 Å². The molecule has 3 aromatic carbocycles. The van der Waals surface area contributed by atoms with E-state index in [-0.39, 0.29) is 29.3 Å². The van der Waals surface area contributed by atoms with Crippen LogP contribution in [0.2, 0.25) is 0 Å². The topological polar surface area (TPSA) is 66.5 Å². The third kappa shape index (κ3) is 6.83. The summed E-state index contributed by atoms with van der Waals surface area (Å²) in [4.78, 5) is 18.8. The Balaban J connectivity index is 1.51. The number of aromatic nitrogens is 1. The molecular weight excluding hydrogens is 512 g/mol. The molecule has 1 heterocycles. The molecule has 0 aliphatic heterocycles. The average molecular weight is 541 g/mol. The predicted octanol–water partition coefficient (Wildman–Crippen LogP) is 6.27. The zero-order valence-electron chi connectivity index (χ0n) is 21.5. The van der Waals surface area contributed by atoms with Crippen molar-refractivity contribution in [2.75, 3.05) is 36.9 Å². The van der Waals surface area contributed by atoms with Gasteiger partial charge in [0.25, 0.3) is 5.91 Å². The molecule has 0 atom stereocenters. The van der Waals surface area contributed by atoms with Gasteiger partial charge in [-0.25, -0.2) is 4.39 Å². The smallest absolute Gasteiger partial charge is 0.418 e. The number of halogens is 4. The van der Waals surface area contributed by atoms with E-state index >= 15 is 0 Å². The second kappa shape index (κ2) is 12.1. The Hall–Kier alpha value is -4.18. The van der Waals surface area contributed by atoms with E-state index in [2.05, 4.69) is 15.6 Å². The lowest BCUT2D eigenvalue weighted by Crippen LogP contribution is -2.32. The Morgan fingerprint density at radius 1 is 1.05 bits per heavy atom. The van der Waals surface area contributed by atoms with Gasteiger partial charge in [-0.3, -0.25) is 9.78 Å². The molecule has 0 radical (unpaired) electrons. The molecule has 0 fully saturated rings. The van der Waals surface area contributed by atoms with Gasteiger partial charge in [-0.1, -0.05) is 18.2 Å². The SMILES string of the molecule is CCN(CCNC)c1ccc(NC(=O)c2ccc(F)c(OCc3cnc4ccccc4c3)c2)cc1C(F)(F)F. The molecule has 0 aliphatic rings. The van der Waals surface area contributed by atoms with Crippen molar-refractivity contribution in [1.82, 2.24) is 10.3 Å². The van der Waals surface area contributed by atoms with Crippen LogP contribution in [0.1, 0.15) is 28.4 Å². The first-order valence-electron chi connectivity index (χ1n) is 12.4. The van der Waals surface area contributed by atoms with Crippen LogP contribution in [0.15, 0.2) is 72.9 Å². The fourth-order valence-corrected chi connectivity index (χ4v) is 4.13. The maximum Gasteiger partial charge on any atom is 0.418 e. The second-order valence-electron chi connectivity index (χ2n) is 8.84. The molecule has 10 heteroatoms. The number of hydrogen-bond acceptors (Lipinski definition) is 5. The minimum Gasteiger partial charge on any atom is -0.486 e. The lowest BCUT2D eigenvalue weighted by atomic mass is 10.1. The number of likely N-dealkylation sites (N-methyl/N-ethyl adjacent to an activating group) is 2. The molecule has 2 N–H and O–H groups in total. The number of ether oxygens (including phenoxy) is 1. The summed E-state index contributed by atoms with van der Waals surface area (Å²) in [5.74, 6) is -1.54. The standard InChI is InChI=1S/C29H28F4N4O2/c1-3-37(13-12-34-2)26-11-9-22(16-23(26)29(31,32)33)36-28(38)21-8-10-24(30)27(15-21)39-18-19-14-20-6-4-5-7-25(20)35-17-19/h4-11,14-17,34H,3,12-13,18H2,1-2H3,(H,36,38). The number of amides is 1. The molecule has 0 spiro atoms. The summed E-state index contributed by atoms with van der Waals surface area (Å²) in [7, 11) is 1.73. The third-order valence-corrected chi connectivity index (χ3v) is 6.15. The van der Waals surface area contributed by atoms with Crippen molar-refractivity contribution in [3.05, 3.63) is 95.4 Å². The Bertz CT molecular complexity index is 1460. The Kier molecular flexibility index (Phi) is 8.65. The van der Waals surface area contributed by atoms with Gasteiger partial charge in [0.2, 0.25) is 0 Å². The van der Waals surface area contributed by atoms with Gasteiger partial charge in [0.05, 0.1) is 11.1 Å². The number of nitrogens with one attached hydrogen (secondary N) is 2. The number of rotatable bonds is 10. The highest BCUT2D eigenvalue weighted by Crippen LogP contribution is 2.38. The summed E-state index contributed by atoms with van der Waals surface area (Å²) in [5, 5.41) is 6.31. The second-order valence-corrected chi connectivity index (χ2v) is 8.84. The molecule has 1 aromatic heterocycles. The summed E-state index contributed by atoms with van der Waals surface area (Å²) in [6, 6.07) is 16.6. The van der Waals surface area contributed by atoms with Crippen molar-refractivity contribution in [2.24, 2.45) is 0 Å². The number of alkyl halides is 3. The van der Waals surface area contributed by atoms with E-state index in [0.29, 0.717) is 25.2 Å². The molecule has 0 bridgehead atoms. The van der Waals surface area contributed by atoms with Gasteiger partial charge >= 0.3 is 6.18 Å². The zero-order chi connectivity index (χ0) is 28.0. The first-order valence-corrected chi connectivity index (χ1v) is 12.4. The molecule has 0 saturated carbocycles. The highest BCUT2D eigenvalue weighted by molar-refractivity contribution is 6.04. The first-order chi connectivity index (χ1) is 18.7. The molecular formula is C29H28F4N4O2. The number of carbonyl (C=O) groups is 1. The molecule has 204 valence electrons. The number of anilines is 2. The van der Waals surface area contributed by atoms with Gasteiger partial charge in [0.15, 0.2) is 11.6 Å². The lowest BCUT2D eigenvalue weighted by molar-refractivity contribution is -0.137. The number of nitrogens with zero attached hydrogens (tertiary/aromatic N) is 2. The number of benzene rings is 3. The van der Waals surface area contributed by atoms with E-state index in [0.717, 1.165) is 23.0 Å². The summed E-state index contributed by atoms with van der Waals surface area (Å²) in [6.07, 6.45) is -3.01. The quantitative estimate of drug-likeness (QED) is 0.232. The molecule has 4 rings (SSSR count). The van der Waals surface area contributed by atoms with Crippen molar-refractivity contribution >= 4 is 28.2 Å². The van der Waals surface area contributed by atoms with Crippen molar-refractivity contribution < 1.29 is 27.1 Å². The largest absolute Gasteiger partial charge is 0.486 e. The molecule has 0 aliphatic carbocycles. The van der Waals surface area contributed by atoms with Crippen LogP contribution in [-0.2, 0) is 12.8 Å². The van der Waals surface area contributed by atoms with Crippen LogP contribution in [-0.4, -0.2) is 37.6 Å². The van der Waals surface area contributed by atoms with Gasteiger partial charge in [-0.2, -0.15) is 13.2 Å². The molecule has 39 heavy (non-hydrogen) atoms. The Morgan fingerprint density at radius 3 is 2.59 bits per heavy atom. The van der Waals surface area contributed by atoms with E-state index in [1.165, 1.54) is 24.3 Å². The van der Waals surface area contributed by atoms with Gasteiger partial charge in [-0.05, 0) is 62.5 Å².